The molecular formula is C13H13NO. The molecule has 2 aromatic carbocycles. The summed E-state index contributed by atoms with van der Waals surface area (Å²) in [5, 5.41) is 12.4. The van der Waals surface area contributed by atoms with Crippen molar-refractivity contribution >= 4 is 11.4 Å². The van der Waals surface area contributed by atoms with Gasteiger partial charge < -0.3 is 10.4 Å². The van der Waals surface area contributed by atoms with Gasteiger partial charge in [0.15, 0.2) is 0 Å². The molecule has 0 atom stereocenters. The second kappa shape index (κ2) is 4.62. The molecule has 0 unspecified atom stereocenters. The van der Waals surface area contributed by atoms with Gasteiger partial charge in [0.2, 0.25) is 0 Å². The first-order valence-corrected chi connectivity index (χ1v) is 4.91. The molecule has 0 aliphatic carbocycles. The molecule has 0 fully saturated rings. The maximum absolute atomic E-state index is 9.16. The molecule has 0 saturated carbocycles. The van der Waals surface area contributed by atoms with Crippen LogP contribution in [0.1, 0.15) is 5.56 Å². The summed E-state index contributed by atoms with van der Waals surface area (Å²) in [7, 11) is 0. The Labute approximate surface area is 89.2 Å². The number of anilines is 2. The van der Waals surface area contributed by atoms with Gasteiger partial charge in [-0.3, -0.25) is 0 Å². The zero-order valence-electron chi connectivity index (χ0n) is 8.35. The van der Waals surface area contributed by atoms with Gasteiger partial charge in [0.1, 0.15) is 0 Å². The largest absolute Gasteiger partial charge is 0.392 e. The molecule has 2 nitrogen and oxygen atoms in total. The highest BCUT2D eigenvalue weighted by Gasteiger charge is 1.99. The van der Waals surface area contributed by atoms with Crippen LogP contribution in [0.25, 0.3) is 0 Å². The molecule has 2 rings (SSSR count). The number of hydrogen-bond acceptors (Lipinski definition) is 2. The number of hydrogen-bond donors (Lipinski definition) is 2. The molecule has 0 aliphatic rings. The predicted octanol–water partition coefficient (Wildman–Crippen LogP) is 2.92. The average Bonchev–Trinajstić information content (AvgIpc) is 2.31. The van der Waals surface area contributed by atoms with E-state index in [1.807, 2.05) is 54.6 Å². The second-order valence-corrected chi connectivity index (χ2v) is 3.31. The standard InChI is InChI=1S/C13H13NO/c15-10-11-6-4-5-9-13(11)14-12-7-2-1-3-8-12/h1-9,14-15H,10H2. The minimum atomic E-state index is 0.0516. The third kappa shape index (κ3) is 2.36. The summed E-state index contributed by atoms with van der Waals surface area (Å²) in [4.78, 5) is 0. The lowest BCUT2D eigenvalue weighted by atomic mass is 10.2. The van der Waals surface area contributed by atoms with Crippen LogP contribution in [0, 0.1) is 0 Å². The Hall–Kier alpha value is -1.80. The van der Waals surface area contributed by atoms with E-state index in [0.717, 1.165) is 16.9 Å². The van der Waals surface area contributed by atoms with Gasteiger partial charge in [0, 0.05) is 16.9 Å². The SMILES string of the molecule is OCc1ccccc1Nc1ccccc1. The van der Waals surface area contributed by atoms with Crippen molar-refractivity contribution < 1.29 is 5.11 Å². The molecule has 2 aromatic rings. The quantitative estimate of drug-likeness (QED) is 0.796. The molecule has 15 heavy (non-hydrogen) atoms. The molecule has 2 N–H and O–H groups in total. The van der Waals surface area contributed by atoms with Gasteiger partial charge in [0.25, 0.3) is 0 Å². The third-order valence-corrected chi connectivity index (χ3v) is 2.24. The smallest absolute Gasteiger partial charge is 0.0702 e. The van der Waals surface area contributed by atoms with E-state index >= 15 is 0 Å². The fraction of sp³-hybridized carbons (Fsp3) is 0.0769. The van der Waals surface area contributed by atoms with E-state index in [-0.39, 0.29) is 6.61 Å². The van der Waals surface area contributed by atoms with Crippen molar-refractivity contribution in [3.8, 4) is 0 Å². The molecule has 2 heteroatoms. The molecule has 0 aliphatic heterocycles. The molecule has 0 bridgehead atoms. The van der Waals surface area contributed by atoms with Crippen LogP contribution in [0.3, 0.4) is 0 Å². The number of benzene rings is 2. The van der Waals surface area contributed by atoms with Crippen LogP contribution in [0.15, 0.2) is 54.6 Å². The van der Waals surface area contributed by atoms with Crippen molar-refractivity contribution in [3.63, 3.8) is 0 Å². The Bertz CT molecular complexity index is 426. The van der Waals surface area contributed by atoms with Crippen LogP contribution in [-0.4, -0.2) is 5.11 Å². The summed E-state index contributed by atoms with van der Waals surface area (Å²) in [5.74, 6) is 0. The molecule has 0 saturated heterocycles. The fourth-order valence-electron chi connectivity index (χ4n) is 1.46. The van der Waals surface area contributed by atoms with Gasteiger partial charge in [-0.15, -0.1) is 0 Å². The van der Waals surface area contributed by atoms with Crippen LogP contribution in [0.2, 0.25) is 0 Å². The zero-order valence-corrected chi connectivity index (χ0v) is 8.35. The van der Waals surface area contributed by atoms with E-state index in [1.165, 1.54) is 0 Å². The number of rotatable bonds is 3. The first-order valence-electron chi connectivity index (χ1n) is 4.91. The summed E-state index contributed by atoms with van der Waals surface area (Å²) in [6, 6.07) is 17.6. The Morgan fingerprint density at radius 3 is 2.27 bits per heavy atom. The maximum Gasteiger partial charge on any atom is 0.0702 e. The van der Waals surface area contributed by atoms with E-state index in [4.69, 9.17) is 5.11 Å². The molecule has 0 spiro atoms. The van der Waals surface area contributed by atoms with Crippen molar-refractivity contribution in [2.75, 3.05) is 5.32 Å². The number of nitrogens with one attached hydrogen (secondary N) is 1. The highest BCUT2D eigenvalue weighted by atomic mass is 16.3. The predicted molar refractivity (Wildman–Crippen MR) is 62.1 cm³/mol. The van der Waals surface area contributed by atoms with Crippen LogP contribution >= 0.6 is 0 Å². The third-order valence-electron chi connectivity index (χ3n) is 2.24. The summed E-state index contributed by atoms with van der Waals surface area (Å²) in [5.41, 5.74) is 2.88. The zero-order chi connectivity index (χ0) is 10.5. The van der Waals surface area contributed by atoms with Crippen LogP contribution < -0.4 is 5.32 Å². The van der Waals surface area contributed by atoms with Gasteiger partial charge in [-0.05, 0) is 18.2 Å². The van der Waals surface area contributed by atoms with Gasteiger partial charge >= 0.3 is 0 Å². The maximum atomic E-state index is 9.16. The van der Waals surface area contributed by atoms with E-state index < -0.39 is 0 Å². The first-order chi connectivity index (χ1) is 7.40. The Kier molecular flexibility index (Phi) is 3.00. The van der Waals surface area contributed by atoms with E-state index in [0.29, 0.717) is 0 Å². The summed E-state index contributed by atoms with van der Waals surface area (Å²) in [6.07, 6.45) is 0. The summed E-state index contributed by atoms with van der Waals surface area (Å²) in [6.45, 7) is 0.0516. The normalized spacial score (nSPS) is 9.93. The van der Waals surface area contributed by atoms with Crippen molar-refractivity contribution in [3.05, 3.63) is 60.2 Å². The Morgan fingerprint density at radius 1 is 0.867 bits per heavy atom. The number of para-hydroxylation sites is 2. The topological polar surface area (TPSA) is 32.3 Å². The monoisotopic (exact) mass is 199 g/mol. The van der Waals surface area contributed by atoms with Crippen molar-refractivity contribution in [2.45, 2.75) is 6.61 Å². The minimum absolute atomic E-state index is 0.0516. The van der Waals surface area contributed by atoms with E-state index in [9.17, 15) is 0 Å². The van der Waals surface area contributed by atoms with E-state index in [2.05, 4.69) is 5.32 Å². The second-order valence-electron chi connectivity index (χ2n) is 3.31. The fourth-order valence-corrected chi connectivity index (χ4v) is 1.46. The first kappa shape index (κ1) is 9.74. The lowest BCUT2D eigenvalue weighted by Crippen LogP contribution is -1.95. The van der Waals surface area contributed by atoms with Crippen LogP contribution in [-0.2, 0) is 6.61 Å². The molecular weight excluding hydrogens is 186 g/mol. The number of aliphatic hydroxyl groups is 1. The van der Waals surface area contributed by atoms with Crippen LogP contribution in [0.4, 0.5) is 11.4 Å². The summed E-state index contributed by atoms with van der Waals surface area (Å²) >= 11 is 0. The lowest BCUT2D eigenvalue weighted by Gasteiger charge is -2.09. The van der Waals surface area contributed by atoms with Gasteiger partial charge in [-0.25, -0.2) is 0 Å². The van der Waals surface area contributed by atoms with Crippen molar-refractivity contribution in [2.24, 2.45) is 0 Å². The van der Waals surface area contributed by atoms with Crippen molar-refractivity contribution in [1.82, 2.24) is 0 Å². The van der Waals surface area contributed by atoms with Gasteiger partial charge in [-0.1, -0.05) is 36.4 Å². The lowest BCUT2D eigenvalue weighted by molar-refractivity contribution is 0.282. The van der Waals surface area contributed by atoms with Crippen LogP contribution in [0.5, 0.6) is 0 Å². The number of aliphatic hydroxyl groups excluding tert-OH is 1. The van der Waals surface area contributed by atoms with Gasteiger partial charge in [0.05, 0.1) is 6.61 Å². The average molecular weight is 199 g/mol. The van der Waals surface area contributed by atoms with E-state index in [1.54, 1.807) is 0 Å². The molecule has 0 aromatic heterocycles. The minimum Gasteiger partial charge on any atom is -0.392 e. The summed E-state index contributed by atoms with van der Waals surface area (Å²) < 4.78 is 0. The molecule has 0 heterocycles. The molecule has 0 radical (unpaired) electrons. The molecule has 76 valence electrons. The highest BCUT2D eigenvalue weighted by Crippen LogP contribution is 2.20. The molecule has 0 amide bonds. The van der Waals surface area contributed by atoms with Gasteiger partial charge in [-0.2, -0.15) is 0 Å². The Balaban J connectivity index is 2.24. The van der Waals surface area contributed by atoms with Crippen molar-refractivity contribution in [1.29, 1.82) is 0 Å². The highest BCUT2D eigenvalue weighted by molar-refractivity contribution is 5.62. The Morgan fingerprint density at radius 2 is 1.53 bits per heavy atom.